The zero-order valence-corrected chi connectivity index (χ0v) is 12.0. The van der Waals surface area contributed by atoms with Gasteiger partial charge in [-0.3, -0.25) is 0 Å². The SMILES string of the molecule is N#Cc1ccc2ccn(Cc3cccc4ccccc34)c2c1. The normalized spacial score (nSPS) is 10.9. The lowest BCUT2D eigenvalue weighted by atomic mass is 10.0. The minimum atomic E-state index is 0.699. The highest BCUT2D eigenvalue weighted by molar-refractivity contribution is 5.86. The Bertz CT molecular complexity index is 1010. The molecule has 0 N–H and O–H groups in total. The van der Waals surface area contributed by atoms with Crippen molar-refractivity contribution in [3.8, 4) is 6.07 Å². The van der Waals surface area contributed by atoms with E-state index in [-0.39, 0.29) is 0 Å². The Morgan fingerprint density at radius 3 is 2.64 bits per heavy atom. The molecule has 0 unspecified atom stereocenters. The van der Waals surface area contributed by atoms with E-state index in [0.717, 1.165) is 12.1 Å². The average molecular weight is 282 g/mol. The number of rotatable bonds is 2. The highest BCUT2D eigenvalue weighted by atomic mass is 14.9. The largest absolute Gasteiger partial charge is 0.343 e. The van der Waals surface area contributed by atoms with E-state index < -0.39 is 0 Å². The van der Waals surface area contributed by atoms with Crippen LogP contribution in [0.2, 0.25) is 0 Å². The van der Waals surface area contributed by atoms with Crippen molar-refractivity contribution in [2.45, 2.75) is 6.54 Å². The monoisotopic (exact) mass is 282 g/mol. The quantitative estimate of drug-likeness (QED) is 0.523. The van der Waals surface area contributed by atoms with Gasteiger partial charge in [0.1, 0.15) is 0 Å². The standard InChI is InChI=1S/C20H14N2/c21-13-15-8-9-17-10-11-22(20(17)12-15)14-18-6-3-5-16-4-1-2-7-19(16)18/h1-12H,14H2. The van der Waals surface area contributed by atoms with Crippen molar-refractivity contribution in [1.82, 2.24) is 4.57 Å². The molecular formula is C20H14N2. The van der Waals surface area contributed by atoms with Gasteiger partial charge in [0.25, 0.3) is 0 Å². The molecule has 0 bridgehead atoms. The molecule has 0 amide bonds. The van der Waals surface area contributed by atoms with Gasteiger partial charge in [-0.05, 0) is 39.9 Å². The first-order chi connectivity index (χ1) is 10.8. The van der Waals surface area contributed by atoms with E-state index in [0.29, 0.717) is 5.56 Å². The number of nitrogens with zero attached hydrogens (tertiary/aromatic N) is 2. The van der Waals surface area contributed by atoms with Crippen molar-refractivity contribution in [1.29, 1.82) is 5.26 Å². The molecule has 4 aromatic rings. The molecule has 0 saturated heterocycles. The van der Waals surface area contributed by atoms with Crippen molar-refractivity contribution in [2.24, 2.45) is 0 Å². The van der Waals surface area contributed by atoms with E-state index in [1.807, 2.05) is 18.2 Å². The molecule has 0 aliphatic heterocycles. The number of nitriles is 1. The molecule has 0 atom stereocenters. The number of benzene rings is 3. The third kappa shape index (κ3) is 2.04. The lowest BCUT2D eigenvalue weighted by Crippen LogP contribution is -1.98. The fourth-order valence-electron chi connectivity index (χ4n) is 3.01. The summed E-state index contributed by atoms with van der Waals surface area (Å²) in [7, 11) is 0. The van der Waals surface area contributed by atoms with Gasteiger partial charge in [-0.25, -0.2) is 0 Å². The smallest absolute Gasteiger partial charge is 0.0992 e. The molecular weight excluding hydrogens is 268 g/mol. The molecule has 22 heavy (non-hydrogen) atoms. The van der Waals surface area contributed by atoms with E-state index in [4.69, 9.17) is 5.26 Å². The van der Waals surface area contributed by atoms with Gasteiger partial charge in [0.15, 0.2) is 0 Å². The zero-order valence-electron chi connectivity index (χ0n) is 12.0. The van der Waals surface area contributed by atoms with Crippen LogP contribution in [-0.4, -0.2) is 4.57 Å². The summed E-state index contributed by atoms with van der Waals surface area (Å²) in [6, 6.07) is 25.0. The van der Waals surface area contributed by atoms with Gasteiger partial charge in [-0.1, -0.05) is 48.5 Å². The summed E-state index contributed by atoms with van der Waals surface area (Å²) in [5.74, 6) is 0. The molecule has 0 aliphatic rings. The van der Waals surface area contributed by atoms with Gasteiger partial charge in [0.05, 0.1) is 11.6 Å². The molecule has 104 valence electrons. The van der Waals surface area contributed by atoms with Crippen molar-refractivity contribution in [3.05, 3.63) is 84.1 Å². The number of hydrogen-bond donors (Lipinski definition) is 0. The van der Waals surface area contributed by atoms with Crippen LogP contribution in [0.3, 0.4) is 0 Å². The van der Waals surface area contributed by atoms with Crippen LogP contribution < -0.4 is 0 Å². The Balaban J connectivity index is 1.84. The topological polar surface area (TPSA) is 28.7 Å². The number of fused-ring (bicyclic) bond motifs is 2. The number of hydrogen-bond acceptors (Lipinski definition) is 1. The second kappa shape index (κ2) is 5.05. The third-order valence-electron chi connectivity index (χ3n) is 4.12. The van der Waals surface area contributed by atoms with Crippen LogP contribution in [0.4, 0.5) is 0 Å². The highest BCUT2D eigenvalue weighted by Gasteiger charge is 2.05. The maximum atomic E-state index is 9.10. The van der Waals surface area contributed by atoms with Crippen LogP contribution >= 0.6 is 0 Å². The molecule has 1 heterocycles. The average Bonchev–Trinajstić information content (AvgIpc) is 2.97. The van der Waals surface area contributed by atoms with Gasteiger partial charge in [-0.15, -0.1) is 0 Å². The van der Waals surface area contributed by atoms with Gasteiger partial charge >= 0.3 is 0 Å². The molecule has 0 radical (unpaired) electrons. The van der Waals surface area contributed by atoms with Crippen LogP contribution in [0.5, 0.6) is 0 Å². The first-order valence-corrected chi connectivity index (χ1v) is 7.31. The van der Waals surface area contributed by atoms with E-state index in [1.54, 1.807) is 0 Å². The summed E-state index contributed by atoms with van der Waals surface area (Å²) in [4.78, 5) is 0. The van der Waals surface area contributed by atoms with E-state index in [9.17, 15) is 0 Å². The minimum absolute atomic E-state index is 0.699. The van der Waals surface area contributed by atoms with Crippen LogP contribution in [-0.2, 0) is 6.54 Å². The predicted molar refractivity (Wildman–Crippen MR) is 89.7 cm³/mol. The Labute approximate surface area is 128 Å². The second-order valence-corrected chi connectivity index (χ2v) is 5.47. The van der Waals surface area contributed by atoms with Crippen LogP contribution in [0.15, 0.2) is 72.9 Å². The summed E-state index contributed by atoms with van der Waals surface area (Å²) < 4.78 is 2.21. The lowest BCUT2D eigenvalue weighted by molar-refractivity contribution is 0.843. The molecule has 0 spiro atoms. The molecule has 1 aromatic heterocycles. The maximum Gasteiger partial charge on any atom is 0.0992 e. The molecule has 3 aromatic carbocycles. The molecule has 0 saturated carbocycles. The van der Waals surface area contributed by atoms with E-state index in [2.05, 4.69) is 65.4 Å². The van der Waals surface area contributed by atoms with Crippen LogP contribution in [0.25, 0.3) is 21.7 Å². The third-order valence-corrected chi connectivity index (χ3v) is 4.12. The lowest BCUT2D eigenvalue weighted by Gasteiger charge is -2.09. The summed E-state index contributed by atoms with van der Waals surface area (Å²) in [5, 5.41) is 12.8. The molecule has 0 fully saturated rings. The molecule has 4 rings (SSSR count). The van der Waals surface area contributed by atoms with E-state index in [1.165, 1.54) is 21.7 Å². The van der Waals surface area contributed by atoms with E-state index >= 15 is 0 Å². The van der Waals surface area contributed by atoms with Crippen LogP contribution in [0, 0.1) is 11.3 Å². The Hall–Kier alpha value is -3.05. The van der Waals surface area contributed by atoms with Gasteiger partial charge in [0.2, 0.25) is 0 Å². The van der Waals surface area contributed by atoms with Crippen molar-refractivity contribution >= 4 is 21.7 Å². The minimum Gasteiger partial charge on any atom is -0.343 e. The second-order valence-electron chi connectivity index (χ2n) is 5.47. The van der Waals surface area contributed by atoms with Crippen molar-refractivity contribution in [2.75, 3.05) is 0 Å². The Morgan fingerprint density at radius 1 is 0.864 bits per heavy atom. The van der Waals surface area contributed by atoms with Crippen molar-refractivity contribution in [3.63, 3.8) is 0 Å². The van der Waals surface area contributed by atoms with Crippen molar-refractivity contribution < 1.29 is 0 Å². The Kier molecular flexibility index (Phi) is 2.91. The highest BCUT2D eigenvalue weighted by Crippen LogP contribution is 2.23. The van der Waals surface area contributed by atoms with Gasteiger partial charge in [-0.2, -0.15) is 5.26 Å². The molecule has 2 heteroatoms. The molecule has 0 aliphatic carbocycles. The predicted octanol–water partition coefficient (Wildman–Crippen LogP) is 4.71. The zero-order chi connectivity index (χ0) is 14.9. The van der Waals surface area contributed by atoms with Crippen LogP contribution in [0.1, 0.15) is 11.1 Å². The fourth-order valence-corrected chi connectivity index (χ4v) is 3.01. The summed E-state index contributed by atoms with van der Waals surface area (Å²) in [5.41, 5.74) is 3.09. The first-order valence-electron chi connectivity index (χ1n) is 7.31. The number of aromatic nitrogens is 1. The fraction of sp³-hybridized carbons (Fsp3) is 0.0500. The first kappa shape index (κ1) is 12.7. The summed E-state index contributed by atoms with van der Waals surface area (Å²) >= 11 is 0. The summed E-state index contributed by atoms with van der Waals surface area (Å²) in [6.07, 6.45) is 2.09. The molecule has 2 nitrogen and oxygen atoms in total. The summed E-state index contributed by atoms with van der Waals surface area (Å²) in [6.45, 7) is 0.805. The van der Waals surface area contributed by atoms with Gasteiger partial charge < -0.3 is 4.57 Å². The maximum absolute atomic E-state index is 9.10. The Morgan fingerprint density at radius 2 is 1.73 bits per heavy atom. The van der Waals surface area contributed by atoms with Gasteiger partial charge in [0, 0.05) is 18.3 Å².